The van der Waals surface area contributed by atoms with Crippen molar-refractivity contribution < 1.29 is 13.9 Å². The van der Waals surface area contributed by atoms with Crippen LogP contribution in [0.25, 0.3) is 11.3 Å². The number of nitrogens with zero attached hydrogens (tertiary/aromatic N) is 2. The molecular weight excluding hydrogens is 354 g/mol. The van der Waals surface area contributed by atoms with Gasteiger partial charge in [0.1, 0.15) is 11.5 Å². The van der Waals surface area contributed by atoms with Crippen LogP contribution in [0.3, 0.4) is 0 Å². The second-order valence-electron chi connectivity index (χ2n) is 7.77. The van der Waals surface area contributed by atoms with Gasteiger partial charge >= 0.3 is 0 Å². The number of fused-ring (bicyclic) bond motifs is 2. The maximum absolute atomic E-state index is 13.1. The van der Waals surface area contributed by atoms with E-state index in [1.165, 1.54) is 11.3 Å². The van der Waals surface area contributed by atoms with E-state index in [9.17, 15) is 4.79 Å². The number of nitrogens with one attached hydrogen (secondary N) is 1. The van der Waals surface area contributed by atoms with Crippen LogP contribution in [0.15, 0.2) is 47.0 Å². The molecule has 3 aromatic rings. The molecular formula is C22H23N3O3. The summed E-state index contributed by atoms with van der Waals surface area (Å²) >= 11 is 0. The van der Waals surface area contributed by atoms with Gasteiger partial charge in [0.25, 0.3) is 5.91 Å². The van der Waals surface area contributed by atoms with Crippen molar-refractivity contribution in [3.8, 4) is 17.1 Å². The first-order chi connectivity index (χ1) is 13.7. The summed E-state index contributed by atoms with van der Waals surface area (Å²) in [4.78, 5) is 15.1. The predicted molar refractivity (Wildman–Crippen MR) is 104 cm³/mol. The third kappa shape index (κ3) is 2.71. The highest BCUT2D eigenvalue weighted by molar-refractivity contribution is 5.92. The molecule has 1 aliphatic heterocycles. The van der Waals surface area contributed by atoms with E-state index in [0.717, 1.165) is 50.1 Å². The standard InChI is InChI=1S/C22H23N3O3/c1-27-17-5-3-15(4-6-17)18-7-8-19(28-18)21(26)25-12-2-10-22(14-25)11-9-16-13-23-24-20(16)22/h3-8,13H,2,9-12,14H2,1H3,(H,23,24). The number of piperidine rings is 1. The van der Waals surface area contributed by atoms with Crippen LogP contribution in [0.4, 0.5) is 0 Å². The van der Waals surface area contributed by atoms with Gasteiger partial charge in [0.05, 0.1) is 13.3 Å². The van der Waals surface area contributed by atoms with Crippen LogP contribution in [-0.2, 0) is 11.8 Å². The molecule has 1 fully saturated rings. The normalized spacial score (nSPS) is 21.1. The second-order valence-corrected chi connectivity index (χ2v) is 7.77. The Labute approximate surface area is 163 Å². The number of carbonyl (C=O) groups is 1. The van der Waals surface area contributed by atoms with E-state index in [1.54, 1.807) is 13.2 Å². The third-order valence-electron chi connectivity index (χ3n) is 6.18. The van der Waals surface area contributed by atoms with Crippen molar-refractivity contribution in [1.82, 2.24) is 15.1 Å². The van der Waals surface area contributed by atoms with Crippen molar-refractivity contribution in [2.45, 2.75) is 31.1 Å². The SMILES string of the molecule is COc1ccc(-c2ccc(C(=O)N3CCCC4(CCc5cn[nH]c54)C3)o2)cc1. The quantitative estimate of drug-likeness (QED) is 0.754. The maximum atomic E-state index is 13.1. The fourth-order valence-electron chi connectivity index (χ4n) is 4.69. The summed E-state index contributed by atoms with van der Waals surface area (Å²) in [5.41, 5.74) is 3.47. The molecule has 2 aromatic heterocycles. The van der Waals surface area contributed by atoms with Gasteiger partial charge in [0.2, 0.25) is 0 Å². The van der Waals surface area contributed by atoms with Crippen LogP contribution in [0.2, 0.25) is 0 Å². The van der Waals surface area contributed by atoms with Gasteiger partial charge in [0, 0.05) is 29.8 Å². The molecule has 0 radical (unpaired) electrons. The highest BCUT2D eigenvalue weighted by Crippen LogP contribution is 2.44. The largest absolute Gasteiger partial charge is 0.497 e. The molecule has 3 heterocycles. The molecule has 1 aromatic carbocycles. The fraction of sp³-hybridized carbons (Fsp3) is 0.364. The number of benzene rings is 1. The topological polar surface area (TPSA) is 71.4 Å². The zero-order chi connectivity index (χ0) is 19.1. The Bertz CT molecular complexity index is 1000. The summed E-state index contributed by atoms with van der Waals surface area (Å²) in [5, 5.41) is 7.41. The van der Waals surface area contributed by atoms with Gasteiger partial charge in [0.15, 0.2) is 5.76 Å². The minimum Gasteiger partial charge on any atom is -0.497 e. The number of aromatic amines is 1. The molecule has 5 rings (SSSR count). The molecule has 1 unspecified atom stereocenters. The molecule has 1 atom stereocenters. The Morgan fingerprint density at radius 2 is 2.07 bits per heavy atom. The number of likely N-dealkylation sites (tertiary alicyclic amines) is 1. The van der Waals surface area contributed by atoms with E-state index >= 15 is 0 Å². The van der Waals surface area contributed by atoms with Crippen molar-refractivity contribution in [3.63, 3.8) is 0 Å². The molecule has 6 nitrogen and oxygen atoms in total. The van der Waals surface area contributed by atoms with Gasteiger partial charge in [-0.2, -0.15) is 5.10 Å². The van der Waals surface area contributed by atoms with Gasteiger partial charge < -0.3 is 14.1 Å². The summed E-state index contributed by atoms with van der Waals surface area (Å²) in [6.45, 7) is 1.49. The number of aromatic nitrogens is 2. The lowest BCUT2D eigenvalue weighted by Crippen LogP contribution is -2.47. The Balaban J connectivity index is 1.36. The molecule has 1 amide bonds. The van der Waals surface area contributed by atoms with Gasteiger partial charge in [-0.05, 0) is 67.6 Å². The Morgan fingerprint density at radius 3 is 2.89 bits per heavy atom. The van der Waals surface area contributed by atoms with Crippen molar-refractivity contribution in [2.75, 3.05) is 20.2 Å². The van der Waals surface area contributed by atoms with Crippen LogP contribution in [0.5, 0.6) is 5.75 Å². The molecule has 1 spiro atoms. The number of H-pyrrole nitrogens is 1. The molecule has 6 heteroatoms. The van der Waals surface area contributed by atoms with E-state index in [4.69, 9.17) is 9.15 Å². The van der Waals surface area contributed by atoms with E-state index in [2.05, 4.69) is 10.2 Å². The van der Waals surface area contributed by atoms with E-state index < -0.39 is 0 Å². The number of furan rings is 1. The predicted octanol–water partition coefficient (Wildman–Crippen LogP) is 3.80. The highest BCUT2D eigenvalue weighted by atomic mass is 16.5. The number of aryl methyl sites for hydroxylation is 1. The monoisotopic (exact) mass is 377 g/mol. The number of hydrogen-bond acceptors (Lipinski definition) is 4. The van der Waals surface area contributed by atoms with E-state index in [0.29, 0.717) is 11.5 Å². The molecule has 2 aliphatic rings. The average Bonchev–Trinajstić information content (AvgIpc) is 3.47. The lowest BCUT2D eigenvalue weighted by Gasteiger charge is -2.40. The number of amides is 1. The molecule has 0 bridgehead atoms. The second kappa shape index (κ2) is 6.55. The zero-order valence-corrected chi connectivity index (χ0v) is 15.9. The van der Waals surface area contributed by atoms with Crippen molar-refractivity contribution in [2.24, 2.45) is 0 Å². The first-order valence-electron chi connectivity index (χ1n) is 9.75. The summed E-state index contributed by atoms with van der Waals surface area (Å²) in [6.07, 6.45) is 6.14. The smallest absolute Gasteiger partial charge is 0.289 e. The molecule has 0 saturated carbocycles. The summed E-state index contributed by atoms with van der Waals surface area (Å²) < 4.78 is 11.1. The lowest BCUT2D eigenvalue weighted by atomic mass is 9.77. The highest BCUT2D eigenvalue weighted by Gasteiger charge is 2.44. The number of hydrogen-bond donors (Lipinski definition) is 1. The summed E-state index contributed by atoms with van der Waals surface area (Å²) in [6, 6.07) is 11.3. The van der Waals surface area contributed by atoms with Crippen LogP contribution in [0.1, 0.15) is 41.1 Å². The van der Waals surface area contributed by atoms with Gasteiger partial charge in [-0.15, -0.1) is 0 Å². The van der Waals surface area contributed by atoms with Crippen LogP contribution in [-0.4, -0.2) is 41.2 Å². The van der Waals surface area contributed by atoms with Gasteiger partial charge in [-0.1, -0.05) is 0 Å². The fourth-order valence-corrected chi connectivity index (χ4v) is 4.69. The first-order valence-corrected chi connectivity index (χ1v) is 9.75. The van der Waals surface area contributed by atoms with Crippen LogP contribution < -0.4 is 4.74 Å². The van der Waals surface area contributed by atoms with Crippen molar-refractivity contribution in [3.05, 3.63) is 59.6 Å². The van der Waals surface area contributed by atoms with E-state index in [1.807, 2.05) is 41.4 Å². The third-order valence-corrected chi connectivity index (χ3v) is 6.18. The Morgan fingerprint density at radius 1 is 1.21 bits per heavy atom. The summed E-state index contributed by atoms with van der Waals surface area (Å²) in [5.74, 6) is 1.84. The molecule has 1 aliphatic carbocycles. The minimum absolute atomic E-state index is 0.0190. The average molecular weight is 377 g/mol. The molecule has 1 N–H and O–H groups in total. The first kappa shape index (κ1) is 17.1. The maximum Gasteiger partial charge on any atom is 0.289 e. The zero-order valence-electron chi connectivity index (χ0n) is 15.9. The molecule has 1 saturated heterocycles. The van der Waals surface area contributed by atoms with Gasteiger partial charge in [-0.25, -0.2) is 0 Å². The van der Waals surface area contributed by atoms with Crippen LogP contribution in [0, 0.1) is 0 Å². The van der Waals surface area contributed by atoms with Crippen molar-refractivity contribution >= 4 is 5.91 Å². The Hall–Kier alpha value is -3.02. The summed E-state index contributed by atoms with van der Waals surface area (Å²) in [7, 11) is 1.64. The number of rotatable bonds is 3. The van der Waals surface area contributed by atoms with E-state index in [-0.39, 0.29) is 11.3 Å². The molecule has 144 valence electrons. The Kier molecular flexibility index (Phi) is 4.00. The number of carbonyl (C=O) groups excluding carboxylic acids is 1. The number of ether oxygens (including phenoxy) is 1. The number of methoxy groups -OCH3 is 1. The van der Waals surface area contributed by atoms with Crippen molar-refractivity contribution in [1.29, 1.82) is 0 Å². The van der Waals surface area contributed by atoms with Gasteiger partial charge in [-0.3, -0.25) is 9.89 Å². The lowest BCUT2D eigenvalue weighted by molar-refractivity contribution is 0.0602. The van der Waals surface area contributed by atoms with Crippen LogP contribution >= 0.6 is 0 Å². The minimum atomic E-state index is -0.0354. The molecule has 28 heavy (non-hydrogen) atoms.